The second kappa shape index (κ2) is 6.17. The topological polar surface area (TPSA) is 33.1 Å². The first-order valence-corrected chi connectivity index (χ1v) is 7.55. The highest BCUT2D eigenvalue weighted by Gasteiger charge is 2.27. The van der Waals surface area contributed by atoms with Gasteiger partial charge in [-0.1, -0.05) is 6.92 Å². The van der Waals surface area contributed by atoms with Gasteiger partial charge in [-0.15, -0.1) is 0 Å². The van der Waals surface area contributed by atoms with Crippen LogP contribution in [-0.2, 0) is 13.6 Å². The van der Waals surface area contributed by atoms with Gasteiger partial charge in [0.1, 0.15) is 0 Å². The third-order valence-electron chi connectivity index (χ3n) is 3.60. The number of aryl methyl sites for hydroxylation is 2. The molecule has 0 aliphatic heterocycles. The van der Waals surface area contributed by atoms with Crippen LogP contribution in [0, 0.1) is 6.92 Å². The lowest BCUT2D eigenvalue weighted by molar-refractivity contribution is 0.276. The van der Waals surface area contributed by atoms with Gasteiger partial charge in [-0.05, 0) is 42.2 Å². The predicted octanol–water partition coefficient (Wildman–Crippen LogP) is 2.06. The summed E-state index contributed by atoms with van der Waals surface area (Å²) >= 11 is 3.60. The van der Waals surface area contributed by atoms with Crippen LogP contribution in [0.3, 0.4) is 0 Å². The van der Waals surface area contributed by atoms with Crippen LogP contribution in [0.5, 0.6) is 0 Å². The number of hydrogen-bond donors (Lipinski definition) is 1. The number of rotatable bonds is 7. The van der Waals surface area contributed by atoms with E-state index in [1.54, 1.807) is 0 Å². The summed E-state index contributed by atoms with van der Waals surface area (Å²) in [5, 5.41) is 7.91. The minimum Gasteiger partial charge on any atom is -0.310 e. The van der Waals surface area contributed by atoms with Crippen LogP contribution in [0.15, 0.2) is 4.47 Å². The SMILES string of the molecule is CCN(CCNCc1c(Br)c(C)nn1C)C1CC1. The molecule has 2 rings (SSSR count). The molecule has 18 heavy (non-hydrogen) atoms. The van der Waals surface area contributed by atoms with Crippen LogP contribution in [0.1, 0.15) is 31.2 Å². The van der Waals surface area contributed by atoms with Crippen molar-refractivity contribution in [2.75, 3.05) is 19.6 Å². The minimum atomic E-state index is 0.863. The molecule has 1 fully saturated rings. The van der Waals surface area contributed by atoms with Crippen molar-refractivity contribution in [1.29, 1.82) is 0 Å². The summed E-state index contributed by atoms with van der Waals surface area (Å²) in [6.07, 6.45) is 2.78. The molecule has 0 aromatic carbocycles. The van der Waals surface area contributed by atoms with Crippen LogP contribution < -0.4 is 5.32 Å². The van der Waals surface area contributed by atoms with Gasteiger partial charge >= 0.3 is 0 Å². The lowest BCUT2D eigenvalue weighted by atomic mass is 10.3. The first kappa shape index (κ1) is 14.0. The number of likely N-dealkylation sites (N-methyl/N-ethyl adjacent to an activating group) is 1. The fourth-order valence-corrected chi connectivity index (χ4v) is 2.82. The molecule has 102 valence electrons. The van der Waals surface area contributed by atoms with Gasteiger partial charge in [0.15, 0.2) is 0 Å². The van der Waals surface area contributed by atoms with E-state index in [1.807, 2.05) is 18.7 Å². The zero-order chi connectivity index (χ0) is 13.1. The zero-order valence-electron chi connectivity index (χ0n) is 11.5. The maximum Gasteiger partial charge on any atom is 0.0739 e. The Morgan fingerprint density at radius 3 is 2.72 bits per heavy atom. The van der Waals surface area contributed by atoms with E-state index in [-0.39, 0.29) is 0 Å². The van der Waals surface area contributed by atoms with Crippen molar-refractivity contribution >= 4 is 15.9 Å². The minimum absolute atomic E-state index is 0.863. The van der Waals surface area contributed by atoms with Crippen molar-refractivity contribution in [1.82, 2.24) is 20.0 Å². The Bertz CT molecular complexity index is 398. The van der Waals surface area contributed by atoms with Gasteiger partial charge in [0.2, 0.25) is 0 Å². The second-order valence-corrected chi connectivity index (χ2v) is 5.80. The molecule has 4 nitrogen and oxygen atoms in total. The van der Waals surface area contributed by atoms with E-state index in [9.17, 15) is 0 Å². The molecular weight excluding hydrogens is 292 g/mol. The predicted molar refractivity (Wildman–Crippen MR) is 77.6 cm³/mol. The van der Waals surface area contributed by atoms with E-state index in [2.05, 4.69) is 38.2 Å². The van der Waals surface area contributed by atoms with Gasteiger partial charge in [-0.25, -0.2) is 0 Å². The zero-order valence-corrected chi connectivity index (χ0v) is 13.1. The normalized spacial score (nSPS) is 15.6. The molecule has 0 unspecified atom stereocenters. The molecule has 0 amide bonds. The van der Waals surface area contributed by atoms with Crippen molar-refractivity contribution in [2.45, 2.75) is 39.3 Å². The molecule has 1 aliphatic carbocycles. The molecule has 1 N–H and O–H groups in total. The average molecular weight is 315 g/mol. The largest absolute Gasteiger partial charge is 0.310 e. The first-order chi connectivity index (χ1) is 8.63. The smallest absolute Gasteiger partial charge is 0.0739 e. The molecule has 1 heterocycles. The summed E-state index contributed by atoms with van der Waals surface area (Å²) < 4.78 is 3.08. The van der Waals surface area contributed by atoms with Crippen molar-refractivity contribution in [3.63, 3.8) is 0 Å². The Hall–Kier alpha value is -0.390. The molecule has 0 saturated heterocycles. The Kier molecular flexibility index (Phi) is 4.81. The standard InChI is InChI=1S/C13H23BrN4/c1-4-18(11-5-6-11)8-7-15-9-12-13(14)10(2)16-17(12)3/h11,15H,4-9H2,1-3H3. The van der Waals surface area contributed by atoms with Crippen LogP contribution in [0.25, 0.3) is 0 Å². The van der Waals surface area contributed by atoms with Gasteiger partial charge in [-0.2, -0.15) is 5.10 Å². The van der Waals surface area contributed by atoms with Crippen molar-refractivity contribution in [3.05, 3.63) is 15.9 Å². The summed E-state index contributed by atoms with van der Waals surface area (Å²) in [7, 11) is 2.00. The molecule has 5 heteroatoms. The second-order valence-electron chi connectivity index (χ2n) is 5.01. The van der Waals surface area contributed by atoms with E-state index < -0.39 is 0 Å². The van der Waals surface area contributed by atoms with Crippen LogP contribution in [0.2, 0.25) is 0 Å². The molecule has 1 aromatic heterocycles. The highest BCUT2D eigenvalue weighted by atomic mass is 79.9. The van der Waals surface area contributed by atoms with Gasteiger partial charge in [0.05, 0.1) is 15.9 Å². The fourth-order valence-electron chi connectivity index (χ4n) is 2.34. The van der Waals surface area contributed by atoms with Crippen molar-refractivity contribution < 1.29 is 0 Å². The van der Waals surface area contributed by atoms with E-state index in [0.717, 1.165) is 35.8 Å². The molecule has 1 aliphatic rings. The highest BCUT2D eigenvalue weighted by molar-refractivity contribution is 9.10. The molecule has 0 radical (unpaired) electrons. The maximum absolute atomic E-state index is 4.40. The van der Waals surface area contributed by atoms with Crippen LogP contribution in [-0.4, -0.2) is 40.4 Å². The van der Waals surface area contributed by atoms with Crippen molar-refractivity contribution in [2.24, 2.45) is 7.05 Å². The van der Waals surface area contributed by atoms with E-state index in [4.69, 9.17) is 0 Å². The van der Waals surface area contributed by atoms with E-state index in [0.29, 0.717) is 0 Å². The third-order valence-corrected chi connectivity index (χ3v) is 4.63. The van der Waals surface area contributed by atoms with Gasteiger partial charge in [-0.3, -0.25) is 9.58 Å². The average Bonchev–Trinajstić information content (AvgIpc) is 3.13. The first-order valence-electron chi connectivity index (χ1n) is 6.76. The van der Waals surface area contributed by atoms with E-state index in [1.165, 1.54) is 25.1 Å². The lowest BCUT2D eigenvalue weighted by Crippen LogP contribution is -2.33. The number of hydrogen-bond acceptors (Lipinski definition) is 3. The number of halogens is 1. The number of nitrogens with one attached hydrogen (secondary N) is 1. The summed E-state index contributed by atoms with van der Waals surface area (Å²) in [5.74, 6) is 0. The molecular formula is C13H23BrN4. The van der Waals surface area contributed by atoms with Crippen LogP contribution in [0.4, 0.5) is 0 Å². The highest BCUT2D eigenvalue weighted by Crippen LogP contribution is 2.25. The molecule has 0 atom stereocenters. The molecule has 1 aromatic rings. The Morgan fingerprint density at radius 1 is 1.50 bits per heavy atom. The Labute approximate surface area is 118 Å². The Morgan fingerprint density at radius 2 is 2.22 bits per heavy atom. The van der Waals surface area contributed by atoms with Gasteiger partial charge in [0, 0.05) is 32.7 Å². The summed E-state index contributed by atoms with van der Waals surface area (Å²) in [6, 6.07) is 0.863. The quantitative estimate of drug-likeness (QED) is 0.782. The summed E-state index contributed by atoms with van der Waals surface area (Å²) in [5.41, 5.74) is 2.28. The fraction of sp³-hybridized carbons (Fsp3) is 0.769. The summed E-state index contributed by atoms with van der Waals surface area (Å²) in [4.78, 5) is 2.57. The third kappa shape index (κ3) is 3.33. The summed E-state index contributed by atoms with van der Waals surface area (Å²) in [6.45, 7) is 8.51. The van der Waals surface area contributed by atoms with Crippen LogP contribution >= 0.6 is 15.9 Å². The molecule has 0 spiro atoms. The lowest BCUT2D eigenvalue weighted by Gasteiger charge is -2.19. The van der Waals surface area contributed by atoms with Gasteiger partial charge in [0.25, 0.3) is 0 Å². The molecule has 1 saturated carbocycles. The number of nitrogens with zero attached hydrogens (tertiary/aromatic N) is 3. The van der Waals surface area contributed by atoms with Gasteiger partial charge < -0.3 is 5.32 Å². The molecule has 0 bridgehead atoms. The van der Waals surface area contributed by atoms with E-state index >= 15 is 0 Å². The maximum atomic E-state index is 4.40. The number of aromatic nitrogens is 2. The van der Waals surface area contributed by atoms with Crippen molar-refractivity contribution in [3.8, 4) is 0 Å². The Balaban J connectivity index is 1.74. The monoisotopic (exact) mass is 314 g/mol.